The fourth-order valence-corrected chi connectivity index (χ4v) is 4.85. The number of alkyl halides is 1. The third kappa shape index (κ3) is 1.47. The van der Waals surface area contributed by atoms with Crippen LogP contribution in [0.15, 0.2) is 0 Å². The van der Waals surface area contributed by atoms with Crippen molar-refractivity contribution in [3.63, 3.8) is 0 Å². The van der Waals surface area contributed by atoms with Gasteiger partial charge in [-0.15, -0.1) is 11.6 Å². The van der Waals surface area contributed by atoms with Crippen molar-refractivity contribution in [3.8, 4) is 0 Å². The van der Waals surface area contributed by atoms with Gasteiger partial charge in [-0.2, -0.15) is 4.84 Å². The number of nitrogens with zero attached hydrogens (tertiary/aromatic N) is 1. The first-order valence-electron chi connectivity index (χ1n) is 5.61. The van der Waals surface area contributed by atoms with E-state index < -0.39 is 9.81 Å². The van der Waals surface area contributed by atoms with Crippen molar-refractivity contribution in [2.75, 3.05) is 7.05 Å². The van der Waals surface area contributed by atoms with Crippen molar-refractivity contribution in [1.82, 2.24) is 0 Å². The predicted molar refractivity (Wildman–Crippen MR) is 65.5 cm³/mol. The molecule has 2 rings (SSSR count). The number of halogens is 1. The number of quaternary nitrogens is 1. The van der Waals surface area contributed by atoms with E-state index in [1.165, 1.54) is 11.9 Å². The maximum Gasteiger partial charge on any atom is 0.345 e. The zero-order chi connectivity index (χ0) is 12.2. The average molecular weight is 265 g/mol. The van der Waals surface area contributed by atoms with Crippen molar-refractivity contribution in [3.05, 3.63) is 0 Å². The van der Waals surface area contributed by atoms with E-state index in [0.29, 0.717) is 0 Å². The molecule has 1 heterocycles. The normalized spacial score (nSPS) is 51.1. The van der Waals surface area contributed by atoms with E-state index in [0.717, 1.165) is 25.7 Å². The molecule has 1 spiro atoms. The molecule has 1 saturated heterocycles. The van der Waals surface area contributed by atoms with Crippen LogP contribution in [0.5, 0.6) is 0 Å². The zero-order valence-corrected chi connectivity index (χ0v) is 11.8. The second kappa shape index (κ2) is 3.37. The van der Waals surface area contributed by atoms with Gasteiger partial charge in [-0.1, -0.05) is 24.3 Å². The van der Waals surface area contributed by atoms with Crippen LogP contribution in [-0.4, -0.2) is 27.3 Å². The van der Waals surface area contributed by atoms with Crippen LogP contribution in [0.3, 0.4) is 0 Å². The summed E-state index contributed by atoms with van der Waals surface area (Å²) in [6, 6.07) is 0. The summed E-state index contributed by atoms with van der Waals surface area (Å²) in [6.45, 7) is 6.37. The molecule has 0 aromatic carbocycles. The highest BCUT2D eigenvalue weighted by molar-refractivity contribution is 7.96. The topological polar surface area (TPSA) is 26.3 Å². The molecule has 0 radical (unpaired) electrons. The molecule has 1 saturated carbocycles. The van der Waals surface area contributed by atoms with Gasteiger partial charge in [-0.3, -0.25) is 0 Å². The number of hydrogen-bond donors (Lipinski definition) is 0. The summed E-state index contributed by atoms with van der Waals surface area (Å²) in [5.41, 5.74) is -0.00676. The Balaban J connectivity index is 2.33. The Morgan fingerprint density at radius 3 is 2.38 bits per heavy atom. The van der Waals surface area contributed by atoms with Crippen molar-refractivity contribution < 1.29 is 13.7 Å². The van der Waals surface area contributed by atoms with E-state index in [4.69, 9.17) is 16.4 Å². The second-order valence-electron chi connectivity index (χ2n) is 5.75. The van der Waals surface area contributed by atoms with E-state index in [-0.39, 0.29) is 9.47 Å². The minimum absolute atomic E-state index is 0.00676. The Labute approximate surface area is 106 Å². The van der Waals surface area contributed by atoms with E-state index >= 15 is 0 Å². The van der Waals surface area contributed by atoms with Gasteiger partial charge in [-0.05, 0) is 19.8 Å². The summed E-state index contributed by atoms with van der Waals surface area (Å²) >= 11 is 8.16. The van der Waals surface area contributed by atoms with E-state index in [1.54, 1.807) is 7.05 Å². The number of rotatable bonds is 1. The van der Waals surface area contributed by atoms with Gasteiger partial charge < -0.3 is 0 Å². The van der Waals surface area contributed by atoms with Crippen LogP contribution in [0.4, 0.5) is 0 Å². The first kappa shape index (κ1) is 12.7. The van der Waals surface area contributed by atoms with Crippen LogP contribution >= 0.6 is 23.5 Å². The fourth-order valence-electron chi connectivity index (χ4n) is 2.89. The molecule has 92 valence electrons. The van der Waals surface area contributed by atoms with Crippen LogP contribution in [0, 0.1) is 5.41 Å². The lowest BCUT2D eigenvalue weighted by atomic mass is 9.69. The van der Waals surface area contributed by atoms with Gasteiger partial charge in [0, 0.05) is 5.41 Å². The Kier molecular flexibility index (Phi) is 2.67. The lowest BCUT2D eigenvalue weighted by molar-refractivity contribution is -0.956. The highest BCUT2D eigenvalue weighted by Crippen LogP contribution is 2.67. The van der Waals surface area contributed by atoms with Gasteiger partial charge in [0.1, 0.15) is 7.05 Å². The number of amides is 1. The van der Waals surface area contributed by atoms with E-state index in [2.05, 4.69) is 13.8 Å². The summed E-state index contributed by atoms with van der Waals surface area (Å²) in [5.74, 6) is 0. The Morgan fingerprint density at radius 1 is 1.38 bits per heavy atom. The first-order valence-corrected chi connectivity index (χ1v) is 6.76. The molecule has 1 amide bonds. The number of carbonyl (C=O) groups excluding carboxylic acids is 1. The minimum Gasteiger partial charge on any atom is -0.229 e. The van der Waals surface area contributed by atoms with Crippen LogP contribution < -0.4 is 0 Å². The molecule has 0 aromatic rings. The van der Waals surface area contributed by atoms with Crippen LogP contribution in [-0.2, 0) is 9.63 Å². The highest BCUT2D eigenvalue weighted by Gasteiger charge is 2.76. The molecular weight excluding hydrogens is 246 g/mol. The predicted octanol–water partition coefficient (Wildman–Crippen LogP) is 3.09. The SMILES string of the molecule is CC1(C)CCCC(C)(Cl)C12O[N+](C)(C=O)S2. The maximum atomic E-state index is 10.9. The fraction of sp³-hybridized carbons (Fsp3) is 0.909. The first-order chi connectivity index (χ1) is 7.18. The zero-order valence-electron chi connectivity index (χ0n) is 10.2. The largest absolute Gasteiger partial charge is 0.345 e. The van der Waals surface area contributed by atoms with Gasteiger partial charge in [0.2, 0.25) is 0 Å². The lowest BCUT2D eigenvalue weighted by Crippen LogP contribution is -2.73. The number of hydrogen-bond acceptors (Lipinski definition) is 3. The van der Waals surface area contributed by atoms with Gasteiger partial charge in [-0.25, -0.2) is 4.79 Å². The summed E-state index contributed by atoms with van der Waals surface area (Å²) < 4.78 is -0.0499. The molecule has 2 aliphatic rings. The van der Waals surface area contributed by atoms with Crippen molar-refractivity contribution in [1.29, 1.82) is 0 Å². The monoisotopic (exact) mass is 264 g/mol. The quantitative estimate of drug-likeness (QED) is 0.315. The van der Waals surface area contributed by atoms with Gasteiger partial charge in [0.15, 0.2) is 11.9 Å². The summed E-state index contributed by atoms with van der Waals surface area (Å²) in [6.07, 6.45) is 3.95. The van der Waals surface area contributed by atoms with Gasteiger partial charge >= 0.3 is 6.41 Å². The standard InChI is InChI=1S/C11H19ClNO2S/c1-9(2)6-5-7-10(3,12)11(9)15-13(4,8-14)16-11/h8H,5-7H2,1-4H3/q+1. The molecule has 0 aromatic heterocycles. The smallest absolute Gasteiger partial charge is 0.229 e. The van der Waals surface area contributed by atoms with Crippen LogP contribution in [0.1, 0.15) is 40.0 Å². The molecule has 1 aliphatic heterocycles. The summed E-state index contributed by atoms with van der Waals surface area (Å²) in [5, 5.41) is 0. The van der Waals surface area contributed by atoms with E-state index in [1.807, 2.05) is 6.92 Å². The molecule has 16 heavy (non-hydrogen) atoms. The average Bonchev–Trinajstić information content (AvgIpc) is 2.09. The number of hydroxylamine groups is 2. The second-order valence-corrected chi connectivity index (χ2v) is 8.06. The van der Waals surface area contributed by atoms with E-state index in [9.17, 15) is 4.79 Å². The van der Waals surface area contributed by atoms with Crippen LogP contribution in [0.2, 0.25) is 0 Å². The third-order valence-corrected chi connectivity index (χ3v) is 6.26. The summed E-state index contributed by atoms with van der Waals surface area (Å²) in [7, 11) is 1.75. The Bertz CT molecular complexity index is 306. The number of carbonyl (C=O) groups is 1. The maximum absolute atomic E-state index is 10.9. The molecule has 0 bridgehead atoms. The molecule has 3 nitrogen and oxygen atoms in total. The van der Waals surface area contributed by atoms with Crippen molar-refractivity contribution in [2.45, 2.75) is 49.8 Å². The molecular formula is C11H19ClNO2S+. The third-order valence-electron chi connectivity index (χ3n) is 3.84. The molecule has 2 fully saturated rings. The minimum atomic E-state index is -0.449. The Hall–Kier alpha value is 0.230. The molecule has 1 aliphatic carbocycles. The van der Waals surface area contributed by atoms with Gasteiger partial charge in [0.05, 0.1) is 4.87 Å². The van der Waals surface area contributed by atoms with Crippen LogP contribution in [0.25, 0.3) is 0 Å². The molecule has 3 unspecified atom stereocenters. The lowest BCUT2D eigenvalue weighted by Gasteiger charge is -2.60. The van der Waals surface area contributed by atoms with Crippen molar-refractivity contribution >= 4 is 30.0 Å². The summed E-state index contributed by atoms with van der Waals surface area (Å²) in [4.78, 5) is 16.0. The Morgan fingerprint density at radius 2 is 1.94 bits per heavy atom. The van der Waals surface area contributed by atoms with Gasteiger partial charge in [0.25, 0.3) is 4.93 Å². The highest BCUT2D eigenvalue weighted by atomic mass is 35.5. The van der Waals surface area contributed by atoms with Crippen molar-refractivity contribution in [2.24, 2.45) is 5.41 Å². The molecule has 5 heteroatoms. The molecule has 0 N–H and O–H groups in total. The molecule has 3 atom stereocenters.